The third kappa shape index (κ3) is 5.97. The van der Waals surface area contributed by atoms with Gasteiger partial charge < -0.3 is 20.2 Å². The monoisotopic (exact) mass is 585 g/mol. The highest BCUT2D eigenvalue weighted by atomic mass is 32.2. The first kappa shape index (κ1) is 28.4. The summed E-state index contributed by atoms with van der Waals surface area (Å²) < 4.78 is 81.2. The molecule has 1 aliphatic carbocycles. The molecule has 2 atom stereocenters. The molecule has 0 bridgehead atoms. The minimum absolute atomic E-state index is 0.130. The zero-order valence-electron chi connectivity index (χ0n) is 21.6. The summed E-state index contributed by atoms with van der Waals surface area (Å²) in [6, 6.07) is 9.25. The van der Waals surface area contributed by atoms with Gasteiger partial charge in [-0.05, 0) is 49.1 Å². The van der Waals surface area contributed by atoms with E-state index in [1.807, 2.05) is 4.90 Å². The molecule has 0 unspecified atom stereocenters. The number of hydrogen-bond acceptors (Lipinski definition) is 7. The van der Waals surface area contributed by atoms with Crippen molar-refractivity contribution in [3.8, 4) is 0 Å². The quantitative estimate of drug-likeness (QED) is 0.384. The maximum Gasteiger partial charge on any atom is 0.258 e. The number of carbonyl (C=O) groups is 1. The van der Waals surface area contributed by atoms with Crippen LogP contribution in [0.2, 0.25) is 0 Å². The van der Waals surface area contributed by atoms with Gasteiger partial charge in [0.1, 0.15) is 11.6 Å². The number of rotatable bonds is 9. The van der Waals surface area contributed by atoms with E-state index in [0.29, 0.717) is 24.5 Å². The van der Waals surface area contributed by atoms with Gasteiger partial charge in [-0.3, -0.25) is 9.52 Å². The number of alkyl halides is 4. The first-order valence-electron chi connectivity index (χ1n) is 13.1. The van der Waals surface area contributed by atoms with Gasteiger partial charge in [0, 0.05) is 44.4 Å². The number of piperidine rings is 2. The third-order valence-electron chi connectivity index (χ3n) is 8.01. The Morgan fingerprint density at radius 2 is 1.82 bits per heavy atom. The Balaban J connectivity index is 1.38. The molecule has 3 heterocycles. The van der Waals surface area contributed by atoms with Crippen molar-refractivity contribution in [3.05, 3.63) is 42.0 Å². The summed E-state index contributed by atoms with van der Waals surface area (Å²) in [5, 5.41) is 11.8. The van der Waals surface area contributed by atoms with Crippen molar-refractivity contribution in [1.82, 2.24) is 4.98 Å². The third-order valence-corrected chi connectivity index (χ3v) is 9.28. The topological polar surface area (TPSA) is 115 Å². The molecular weight excluding hydrogens is 554 g/mol. The number of halogens is 4. The van der Waals surface area contributed by atoms with Crippen LogP contribution in [0.25, 0.3) is 0 Å². The highest BCUT2D eigenvalue weighted by Crippen LogP contribution is 2.61. The van der Waals surface area contributed by atoms with Crippen LogP contribution in [0.5, 0.6) is 0 Å². The number of aliphatic hydroxyl groups is 1. The smallest absolute Gasteiger partial charge is 0.258 e. The number of carbonyl (C=O) groups excluding carboxylic acids is 1. The van der Waals surface area contributed by atoms with Crippen molar-refractivity contribution in [3.63, 3.8) is 0 Å². The summed E-state index contributed by atoms with van der Waals surface area (Å²) in [5.41, 5.74) is -0.253. The average molecular weight is 586 g/mol. The number of pyridine rings is 1. The van der Waals surface area contributed by atoms with Gasteiger partial charge in [0.15, 0.2) is 0 Å². The van der Waals surface area contributed by atoms with Crippen LogP contribution in [0.1, 0.15) is 36.0 Å². The molecule has 9 nitrogen and oxygen atoms in total. The van der Waals surface area contributed by atoms with Crippen LogP contribution in [0.4, 0.5) is 40.6 Å². The summed E-state index contributed by atoms with van der Waals surface area (Å²) in [6.07, 6.45) is -2.36. The molecule has 2 saturated heterocycles. The Morgan fingerprint density at radius 1 is 1.10 bits per heavy atom. The van der Waals surface area contributed by atoms with E-state index >= 15 is 0 Å². The van der Waals surface area contributed by atoms with E-state index in [1.54, 1.807) is 23.1 Å². The van der Waals surface area contributed by atoms with Gasteiger partial charge in [-0.1, -0.05) is 6.07 Å². The number of nitrogens with one attached hydrogen (secondary N) is 2. The number of benzene rings is 1. The Kier molecular flexibility index (Phi) is 7.59. The van der Waals surface area contributed by atoms with Crippen molar-refractivity contribution < 1.29 is 35.9 Å². The normalized spacial score (nSPS) is 24.0. The fourth-order valence-electron chi connectivity index (χ4n) is 5.56. The largest absolute Gasteiger partial charge is 0.395 e. The van der Waals surface area contributed by atoms with Crippen molar-refractivity contribution in [2.75, 3.05) is 58.4 Å². The van der Waals surface area contributed by atoms with Crippen LogP contribution in [0.15, 0.2) is 36.4 Å². The first-order chi connectivity index (χ1) is 18.9. The minimum Gasteiger partial charge on any atom is -0.395 e. The lowest BCUT2D eigenvalue weighted by molar-refractivity contribution is -0.0221. The zero-order valence-corrected chi connectivity index (χ0v) is 22.4. The number of fused-ring (bicyclic) bond motifs is 1. The lowest BCUT2D eigenvalue weighted by atomic mass is 9.95. The van der Waals surface area contributed by atoms with Crippen molar-refractivity contribution in [2.24, 2.45) is 11.3 Å². The lowest BCUT2D eigenvalue weighted by Gasteiger charge is -2.34. The Morgan fingerprint density at radius 3 is 2.50 bits per heavy atom. The number of sulfonamides is 1. The van der Waals surface area contributed by atoms with Gasteiger partial charge in [0.25, 0.3) is 11.8 Å². The molecule has 3 fully saturated rings. The highest BCUT2D eigenvalue weighted by Gasteiger charge is 2.62. The van der Waals surface area contributed by atoms with Gasteiger partial charge in [-0.2, -0.15) is 0 Å². The number of anilines is 4. The molecule has 3 N–H and O–H groups in total. The number of nitrogens with zero attached hydrogens (tertiary/aromatic N) is 3. The fourth-order valence-corrected chi connectivity index (χ4v) is 6.39. The lowest BCUT2D eigenvalue weighted by Crippen LogP contribution is -2.39. The molecule has 1 aromatic heterocycles. The second-order valence-electron chi connectivity index (χ2n) is 10.7. The summed E-state index contributed by atoms with van der Waals surface area (Å²) in [6.45, 7) is 0.251. The average Bonchev–Trinajstić information content (AvgIpc) is 3.64. The van der Waals surface area contributed by atoms with Gasteiger partial charge in [-0.25, -0.2) is 31.0 Å². The van der Waals surface area contributed by atoms with Crippen molar-refractivity contribution in [2.45, 2.75) is 38.0 Å². The molecule has 1 amide bonds. The summed E-state index contributed by atoms with van der Waals surface area (Å²) in [4.78, 5) is 21.4. The molecule has 218 valence electrons. The van der Waals surface area contributed by atoms with Crippen LogP contribution in [-0.2, 0) is 10.0 Å². The number of aliphatic hydroxyl groups excluding tert-OH is 1. The van der Waals surface area contributed by atoms with Crippen LogP contribution in [0.3, 0.4) is 0 Å². The Hall–Kier alpha value is -3.13. The summed E-state index contributed by atoms with van der Waals surface area (Å²) >= 11 is 0. The Labute approximate surface area is 229 Å². The molecule has 1 saturated carbocycles. The predicted octanol–water partition coefficient (Wildman–Crippen LogP) is 3.78. The molecule has 0 radical (unpaired) electrons. The molecule has 14 heteroatoms. The molecule has 2 aromatic rings. The number of amides is 1. The second kappa shape index (κ2) is 10.7. The van der Waals surface area contributed by atoms with E-state index in [2.05, 4.69) is 15.0 Å². The predicted molar refractivity (Wildman–Crippen MR) is 143 cm³/mol. The molecule has 2 aliphatic heterocycles. The molecule has 3 aliphatic rings. The SMILES string of the molecule is O=C(Nc1cccc(N2CCC(F)(F)CC2)n1)c1ccc(NS(=O)(=O)CCO)cc1N1CC[C@]2(C(F)F)C[C@@H]2C1. The maximum absolute atomic E-state index is 13.6. The van der Waals surface area contributed by atoms with Gasteiger partial charge in [0.05, 0.1) is 29.3 Å². The number of hydrogen-bond donors (Lipinski definition) is 3. The van der Waals surface area contributed by atoms with Crippen molar-refractivity contribution in [1.29, 1.82) is 0 Å². The van der Waals surface area contributed by atoms with Gasteiger partial charge in [0.2, 0.25) is 16.4 Å². The minimum atomic E-state index is -3.84. The van der Waals surface area contributed by atoms with Crippen LogP contribution in [-0.4, -0.2) is 75.3 Å². The van der Waals surface area contributed by atoms with Gasteiger partial charge >= 0.3 is 0 Å². The van der Waals surface area contributed by atoms with Crippen molar-refractivity contribution >= 4 is 38.9 Å². The fraction of sp³-hybridized carbons (Fsp3) is 0.538. The second-order valence-corrected chi connectivity index (χ2v) is 12.5. The molecule has 1 aromatic carbocycles. The van der Waals surface area contributed by atoms with Gasteiger partial charge in [-0.15, -0.1) is 0 Å². The standard InChI is InChI=1S/C26H31F4N5O4S/c27-24(28)25-6-9-35(16-17(25)15-25)20-14-18(33-40(38,39)13-12-36)4-5-19(20)23(37)32-21-2-1-3-22(31-21)34-10-7-26(29,30)8-11-34/h1-5,14,17,24,33,36H,6-13,15-16H2,(H,31,32,37)/t17-,25+/m1/s1. The van der Waals surface area contributed by atoms with E-state index in [4.69, 9.17) is 5.11 Å². The number of aromatic nitrogens is 1. The molecular formula is C26H31F4N5O4S. The molecule has 0 spiro atoms. The summed E-state index contributed by atoms with van der Waals surface area (Å²) in [5.74, 6) is -3.34. The van der Waals surface area contributed by atoms with E-state index < -0.39 is 46.1 Å². The van der Waals surface area contributed by atoms with Crippen LogP contribution >= 0.6 is 0 Å². The Bertz CT molecular complexity index is 1370. The first-order valence-corrected chi connectivity index (χ1v) is 14.8. The molecule has 5 rings (SSSR count). The van der Waals surface area contributed by atoms with Crippen LogP contribution in [0, 0.1) is 11.3 Å². The van der Waals surface area contributed by atoms with E-state index in [9.17, 15) is 30.8 Å². The highest BCUT2D eigenvalue weighted by molar-refractivity contribution is 7.92. The van der Waals surface area contributed by atoms with E-state index in [1.165, 1.54) is 18.2 Å². The van der Waals surface area contributed by atoms with E-state index in [0.717, 1.165) is 0 Å². The molecule has 40 heavy (non-hydrogen) atoms. The zero-order chi connectivity index (χ0) is 28.7. The summed E-state index contributed by atoms with van der Waals surface area (Å²) in [7, 11) is -3.84. The van der Waals surface area contributed by atoms with Crippen LogP contribution < -0.4 is 19.8 Å². The maximum atomic E-state index is 13.6. The van der Waals surface area contributed by atoms with E-state index in [-0.39, 0.29) is 61.9 Å².